The second-order valence-electron chi connectivity index (χ2n) is 8.92. The molecule has 2 aromatic heterocycles. The number of nitrogens with one attached hydrogen (secondary N) is 1. The van der Waals surface area contributed by atoms with E-state index in [-0.39, 0.29) is 23.3 Å². The summed E-state index contributed by atoms with van der Waals surface area (Å²) in [6, 6.07) is 11.9. The number of carbonyl (C=O) groups is 2. The van der Waals surface area contributed by atoms with Crippen LogP contribution in [0.25, 0.3) is 0 Å². The first-order valence-electron chi connectivity index (χ1n) is 12.1. The smallest absolute Gasteiger partial charge is 0.236 e. The number of carbonyl (C=O) groups excluding carboxylic acids is 2. The predicted octanol–water partition coefficient (Wildman–Crippen LogP) is 4.43. The van der Waals surface area contributed by atoms with E-state index in [1.807, 2.05) is 24.3 Å². The van der Waals surface area contributed by atoms with Gasteiger partial charge in [-0.05, 0) is 37.3 Å². The Labute approximate surface area is 227 Å². The van der Waals surface area contributed by atoms with E-state index < -0.39 is 5.92 Å². The predicted molar refractivity (Wildman–Crippen MR) is 144 cm³/mol. The summed E-state index contributed by atoms with van der Waals surface area (Å²) in [5.74, 6) is 0.525. The molecule has 0 saturated heterocycles. The van der Waals surface area contributed by atoms with Gasteiger partial charge < -0.3 is 15.6 Å². The Morgan fingerprint density at radius 1 is 1.32 bits per heavy atom. The van der Waals surface area contributed by atoms with E-state index in [1.54, 1.807) is 17.9 Å². The van der Waals surface area contributed by atoms with E-state index >= 15 is 0 Å². The van der Waals surface area contributed by atoms with Crippen LogP contribution in [0.15, 0.2) is 61.9 Å². The molecule has 0 spiro atoms. The Hall–Kier alpha value is -3.95. The Kier molecular flexibility index (Phi) is 7.31. The maximum absolute atomic E-state index is 13.3. The molecule has 12 heteroatoms. The summed E-state index contributed by atoms with van der Waals surface area (Å²) in [4.78, 5) is 27.3. The maximum Gasteiger partial charge on any atom is 0.236 e. The SMILES string of the molecule is CCc1ccc(C2C(C#N)=C(N)N(c3nnc(SCC(=O)Nc4cc(C)on4)s3)C3=C2C(=O)CCC3)cc1. The number of anilines is 2. The van der Waals surface area contributed by atoms with Gasteiger partial charge in [0.05, 0.1) is 23.3 Å². The van der Waals surface area contributed by atoms with Crippen LogP contribution in [-0.2, 0) is 16.0 Å². The largest absolute Gasteiger partial charge is 0.384 e. The number of nitriles is 1. The molecule has 194 valence electrons. The molecule has 5 rings (SSSR count). The number of thioether (sulfide) groups is 1. The second kappa shape index (κ2) is 10.8. The van der Waals surface area contributed by atoms with Gasteiger partial charge in [0, 0.05) is 23.8 Å². The number of benzene rings is 1. The van der Waals surface area contributed by atoms with Gasteiger partial charge in [0.15, 0.2) is 15.9 Å². The van der Waals surface area contributed by atoms with Crippen LogP contribution in [-0.4, -0.2) is 32.8 Å². The molecule has 0 fully saturated rings. The molecule has 3 heterocycles. The molecule has 0 saturated carbocycles. The van der Waals surface area contributed by atoms with Crippen molar-refractivity contribution in [2.75, 3.05) is 16.0 Å². The number of Topliss-reactive ketones (excluding diaryl/α,β-unsaturated/α-hetero) is 1. The van der Waals surface area contributed by atoms with Crippen LogP contribution in [0.2, 0.25) is 0 Å². The summed E-state index contributed by atoms with van der Waals surface area (Å²) in [5, 5.41) is 25.6. The lowest BCUT2D eigenvalue weighted by Crippen LogP contribution is -2.38. The highest BCUT2D eigenvalue weighted by Crippen LogP contribution is 2.47. The molecule has 10 nitrogen and oxygen atoms in total. The Balaban J connectivity index is 1.43. The summed E-state index contributed by atoms with van der Waals surface area (Å²) >= 11 is 2.47. The minimum absolute atomic E-state index is 0.0138. The van der Waals surface area contributed by atoms with E-state index in [1.165, 1.54) is 28.7 Å². The standard InChI is InChI=1S/C26H25N7O3S2/c1-3-15-7-9-16(10-8-15)22-17(12-27)24(28)33(18-5-4-6-19(34)23(18)22)25-30-31-26(38-25)37-13-21(35)29-20-11-14(2)36-32-20/h7-11,22H,3-6,13,28H2,1-2H3,(H,29,32,35). The number of aryl methyl sites for hydroxylation is 2. The number of rotatable bonds is 7. The van der Waals surface area contributed by atoms with Crippen molar-refractivity contribution in [1.29, 1.82) is 5.26 Å². The van der Waals surface area contributed by atoms with Crippen molar-refractivity contribution < 1.29 is 14.1 Å². The van der Waals surface area contributed by atoms with Gasteiger partial charge in [0.1, 0.15) is 11.6 Å². The van der Waals surface area contributed by atoms with Crippen LogP contribution in [0.5, 0.6) is 0 Å². The van der Waals surface area contributed by atoms with Crippen LogP contribution in [0.3, 0.4) is 0 Å². The van der Waals surface area contributed by atoms with Gasteiger partial charge in [0.2, 0.25) is 11.0 Å². The topological polar surface area (TPSA) is 151 Å². The number of nitrogens with zero attached hydrogens (tertiary/aromatic N) is 5. The molecule has 0 radical (unpaired) electrons. The quantitative estimate of drug-likeness (QED) is 0.406. The number of aromatic nitrogens is 3. The molecule has 1 aliphatic carbocycles. The lowest BCUT2D eigenvalue weighted by atomic mass is 9.75. The molecule has 38 heavy (non-hydrogen) atoms. The third kappa shape index (κ3) is 4.94. The third-order valence-corrected chi connectivity index (χ3v) is 8.49. The molecule has 1 atom stereocenters. The fourth-order valence-electron chi connectivity index (χ4n) is 4.67. The number of nitrogens with two attached hydrogens (primary N) is 1. The minimum Gasteiger partial charge on any atom is -0.384 e. The number of hydrogen-bond donors (Lipinski definition) is 2. The van der Waals surface area contributed by atoms with Gasteiger partial charge in [-0.1, -0.05) is 59.4 Å². The Morgan fingerprint density at radius 3 is 2.79 bits per heavy atom. The first kappa shape index (κ1) is 25.7. The first-order chi connectivity index (χ1) is 18.4. The molecular weight excluding hydrogens is 522 g/mol. The molecule has 2 aliphatic rings. The number of amides is 1. The fraction of sp³-hybridized carbons (Fsp3) is 0.308. The van der Waals surface area contributed by atoms with E-state index in [2.05, 4.69) is 33.7 Å². The highest BCUT2D eigenvalue weighted by atomic mass is 32.2. The van der Waals surface area contributed by atoms with E-state index in [4.69, 9.17) is 10.3 Å². The van der Waals surface area contributed by atoms with Gasteiger partial charge in [-0.15, -0.1) is 10.2 Å². The van der Waals surface area contributed by atoms with Gasteiger partial charge in [-0.2, -0.15) is 5.26 Å². The second-order valence-corrected chi connectivity index (χ2v) is 11.1. The molecule has 1 aromatic carbocycles. The molecule has 0 bridgehead atoms. The monoisotopic (exact) mass is 547 g/mol. The van der Waals surface area contributed by atoms with E-state index in [9.17, 15) is 14.9 Å². The number of hydrogen-bond acceptors (Lipinski definition) is 11. The van der Waals surface area contributed by atoms with Crippen molar-refractivity contribution in [3.63, 3.8) is 0 Å². The average Bonchev–Trinajstić information content (AvgIpc) is 3.55. The number of allylic oxidation sites excluding steroid dienone is 3. The van der Waals surface area contributed by atoms with Crippen LogP contribution < -0.4 is 16.0 Å². The number of ketones is 1. The van der Waals surface area contributed by atoms with Crippen LogP contribution >= 0.6 is 23.1 Å². The van der Waals surface area contributed by atoms with Crippen molar-refractivity contribution in [3.05, 3.63) is 69.9 Å². The van der Waals surface area contributed by atoms with Crippen molar-refractivity contribution in [3.8, 4) is 6.07 Å². The zero-order valence-electron chi connectivity index (χ0n) is 20.9. The van der Waals surface area contributed by atoms with Crippen molar-refractivity contribution in [1.82, 2.24) is 15.4 Å². The Bertz CT molecular complexity index is 1500. The minimum atomic E-state index is -0.518. The zero-order valence-corrected chi connectivity index (χ0v) is 22.5. The third-order valence-electron chi connectivity index (χ3n) is 6.44. The van der Waals surface area contributed by atoms with Gasteiger partial charge >= 0.3 is 0 Å². The van der Waals surface area contributed by atoms with Gasteiger partial charge in [-0.3, -0.25) is 14.5 Å². The maximum atomic E-state index is 13.3. The van der Waals surface area contributed by atoms with Crippen LogP contribution in [0, 0.1) is 18.3 Å². The average molecular weight is 548 g/mol. The summed E-state index contributed by atoms with van der Waals surface area (Å²) in [6.45, 7) is 3.82. The Morgan fingerprint density at radius 2 is 2.11 bits per heavy atom. The molecule has 1 unspecified atom stereocenters. The summed E-state index contributed by atoms with van der Waals surface area (Å²) in [5.41, 5.74) is 10.3. The highest BCUT2D eigenvalue weighted by molar-refractivity contribution is 8.01. The van der Waals surface area contributed by atoms with Crippen molar-refractivity contribution >= 4 is 45.7 Å². The van der Waals surface area contributed by atoms with Gasteiger partial charge in [0.25, 0.3) is 0 Å². The van der Waals surface area contributed by atoms with E-state index in [0.717, 1.165) is 17.7 Å². The van der Waals surface area contributed by atoms with Crippen molar-refractivity contribution in [2.45, 2.75) is 49.8 Å². The lowest BCUT2D eigenvalue weighted by molar-refractivity contribution is -0.116. The van der Waals surface area contributed by atoms with Gasteiger partial charge in [-0.25, -0.2) is 0 Å². The van der Waals surface area contributed by atoms with Crippen molar-refractivity contribution in [2.24, 2.45) is 5.73 Å². The first-order valence-corrected chi connectivity index (χ1v) is 13.9. The van der Waals surface area contributed by atoms with E-state index in [0.29, 0.717) is 51.5 Å². The molecular formula is C26H25N7O3S2. The van der Waals surface area contributed by atoms with Crippen LogP contribution in [0.1, 0.15) is 49.0 Å². The normalized spacial score (nSPS) is 17.4. The molecule has 1 aliphatic heterocycles. The highest BCUT2D eigenvalue weighted by Gasteiger charge is 2.41. The molecule has 3 aromatic rings. The zero-order chi connectivity index (χ0) is 26.8. The summed E-state index contributed by atoms with van der Waals surface area (Å²) in [6.07, 6.45) is 2.64. The fourth-order valence-corrected chi connectivity index (χ4v) is 6.35. The molecule has 1 amide bonds. The molecule has 3 N–H and O–H groups in total. The summed E-state index contributed by atoms with van der Waals surface area (Å²) < 4.78 is 5.51. The van der Waals surface area contributed by atoms with Crippen LogP contribution in [0.4, 0.5) is 10.9 Å². The lowest BCUT2D eigenvalue weighted by Gasteiger charge is -2.38. The summed E-state index contributed by atoms with van der Waals surface area (Å²) in [7, 11) is 0.